The SMILES string of the molecule is C#Cc1ccccc1C(C(=O)NCCCC)N(C(=O)C(CCC(N)=O)NC(=O)OC(C)(C)C)C(C)(C)C. The van der Waals surface area contributed by atoms with Crippen LogP contribution in [0.15, 0.2) is 24.3 Å². The second kappa shape index (κ2) is 13.7. The molecule has 2 unspecified atom stereocenters. The number of primary amides is 1. The molecule has 0 aliphatic rings. The highest BCUT2D eigenvalue weighted by Crippen LogP contribution is 2.32. The molecule has 0 aliphatic heterocycles. The van der Waals surface area contributed by atoms with E-state index in [-0.39, 0.29) is 12.8 Å². The third kappa shape index (κ3) is 10.2. The number of amides is 4. The van der Waals surface area contributed by atoms with Crippen LogP contribution in [-0.4, -0.2) is 52.4 Å². The van der Waals surface area contributed by atoms with Gasteiger partial charge in [0.2, 0.25) is 17.7 Å². The van der Waals surface area contributed by atoms with Gasteiger partial charge >= 0.3 is 6.09 Å². The number of rotatable bonds is 11. The van der Waals surface area contributed by atoms with Crippen LogP contribution in [0.2, 0.25) is 0 Å². The average Bonchev–Trinajstić information content (AvgIpc) is 2.77. The third-order valence-electron chi connectivity index (χ3n) is 5.38. The molecular formula is C28H42N4O5. The molecule has 0 saturated heterocycles. The van der Waals surface area contributed by atoms with Crippen molar-refractivity contribution in [2.45, 2.75) is 97.4 Å². The van der Waals surface area contributed by atoms with Gasteiger partial charge in [0.1, 0.15) is 17.7 Å². The van der Waals surface area contributed by atoms with Gasteiger partial charge in [0, 0.05) is 24.1 Å². The summed E-state index contributed by atoms with van der Waals surface area (Å²) in [5.41, 5.74) is 4.60. The summed E-state index contributed by atoms with van der Waals surface area (Å²) in [4.78, 5) is 53.3. The van der Waals surface area contributed by atoms with Crippen molar-refractivity contribution in [2.24, 2.45) is 5.73 Å². The van der Waals surface area contributed by atoms with Crippen molar-refractivity contribution in [1.29, 1.82) is 0 Å². The second-order valence-electron chi connectivity index (χ2n) is 10.9. The molecule has 37 heavy (non-hydrogen) atoms. The number of benzene rings is 1. The van der Waals surface area contributed by atoms with Crippen LogP contribution in [-0.2, 0) is 19.1 Å². The Balaban J connectivity index is 3.62. The normalized spacial score (nSPS) is 13.0. The van der Waals surface area contributed by atoms with E-state index in [1.807, 2.05) is 6.92 Å². The molecule has 0 heterocycles. The van der Waals surface area contributed by atoms with E-state index in [0.29, 0.717) is 17.7 Å². The van der Waals surface area contributed by atoms with Gasteiger partial charge in [-0.1, -0.05) is 37.5 Å². The van der Waals surface area contributed by atoms with E-state index in [1.165, 1.54) is 4.90 Å². The van der Waals surface area contributed by atoms with Gasteiger partial charge in [-0.05, 0) is 66.0 Å². The first-order valence-corrected chi connectivity index (χ1v) is 12.6. The van der Waals surface area contributed by atoms with E-state index < -0.39 is 47.0 Å². The lowest BCUT2D eigenvalue weighted by Crippen LogP contribution is -2.58. The van der Waals surface area contributed by atoms with Crippen molar-refractivity contribution in [3.8, 4) is 12.3 Å². The number of nitrogens with two attached hydrogens (primary N) is 1. The van der Waals surface area contributed by atoms with E-state index in [4.69, 9.17) is 16.9 Å². The summed E-state index contributed by atoms with van der Waals surface area (Å²) < 4.78 is 5.34. The van der Waals surface area contributed by atoms with Gasteiger partial charge in [0.25, 0.3) is 0 Å². The molecule has 1 aromatic carbocycles. The molecule has 9 heteroatoms. The van der Waals surface area contributed by atoms with E-state index in [9.17, 15) is 19.2 Å². The summed E-state index contributed by atoms with van der Waals surface area (Å²) in [5, 5.41) is 5.49. The molecule has 0 aliphatic carbocycles. The summed E-state index contributed by atoms with van der Waals surface area (Å²) >= 11 is 0. The van der Waals surface area contributed by atoms with Gasteiger partial charge in [-0.3, -0.25) is 14.4 Å². The zero-order valence-electron chi connectivity index (χ0n) is 23.1. The standard InChI is InChI=1S/C28H42N4O5/c1-9-11-18-30-24(34)23(20-15-13-12-14-19(20)10-2)32(27(3,4)5)25(35)21(16-17-22(29)33)31-26(36)37-28(6,7)8/h2,12-15,21,23H,9,11,16-18H2,1,3-8H3,(H2,29,33)(H,30,34)(H,31,36). The number of hydrogen-bond acceptors (Lipinski definition) is 5. The smallest absolute Gasteiger partial charge is 0.408 e. The number of nitrogens with one attached hydrogen (secondary N) is 2. The monoisotopic (exact) mass is 514 g/mol. The first-order chi connectivity index (χ1) is 17.1. The fourth-order valence-electron chi connectivity index (χ4n) is 3.76. The number of unbranched alkanes of at least 4 members (excludes halogenated alkanes) is 1. The first-order valence-electron chi connectivity index (χ1n) is 12.6. The molecule has 0 fully saturated rings. The van der Waals surface area contributed by atoms with Crippen LogP contribution >= 0.6 is 0 Å². The molecule has 4 N–H and O–H groups in total. The van der Waals surface area contributed by atoms with E-state index >= 15 is 0 Å². The molecule has 9 nitrogen and oxygen atoms in total. The van der Waals surface area contributed by atoms with Crippen LogP contribution in [0.4, 0.5) is 4.79 Å². The topological polar surface area (TPSA) is 131 Å². The maximum Gasteiger partial charge on any atom is 0.408 e. The highest BCUT2D eigenvalue weighted by molar-refractivity contribution is 5.93. The fraction of sp³-hybridized carbons (Fsp3) is 0.571. The van der Waals surface area contributed by atoms with Crippen molar-refractivity contribution in [3.63, 3.8) is 0 Å². The van der Waals surface area contributed by atoms with Gasteiger partial charge in [-0.25, -0.2) is 4.79 Å². The van der Waals surface area contributed by atoms with Crippen molar-refractivity contribution in [2.75, 3.05) is 6.54 Å². The predicted octanol–water partition coefficient (Wildman–Crippen LogP) is 3.41. The molecular weight excluding hydrogens is 472 g/mol. The number of carbonyl (C=O) groups excluding carboxylic acids is 4. The van der Waals surface area contributed by atoms with Crippen molar-refractivity contribution >= 4 is 23.8 Å². The molecule has 0 aromatic heterocycles. The number of terminal acetylenes is 1. The van der Waals surface area contributed by atoms with E-state index in [2.05, 4.69) is 16.6 Å². The zero-order valence-corrected chi connectivity index (χ0v) is 23.1. The van der Waals surface area contributed by atoms with Gasteiger partial charge in [0.05, 0.1) is 0 Å². The maximum atomic E-state index is 14.1. The van der Waals surface area contributed by atoms with Crippen LogP contribution in [0.1, 0.15) is 91.3 Å². The molecule has 0 spiro atoms. The Hall–Kier alpha value is -3.54. The van der Waals surface area contributed by atoms with Crippen molar-refractivity contribution in [1.82, 2.24) is 15.5 Å². The molecule has 0 saturated carbocycles. The second-order valence-corrected chi connectivity index (χ2v) is 10.9. The molecule has 2 atom stereocenters. The Kier molecular flexibility index (Phi) is 11.6. The van der Waals surface area contributed by atoms with Crippen LogP contribution in [0, 0.1) is 12.3 Å². The lowest BCUT2D eigenvalue weighted by Gasteiger charge is -2.43. The van der Waals surface area contributed by atoms with Crippen molar-refractivity contribution in [3.05, 3.63) is 35.4 Å². The van der Waals surface area contributed by atoms with Gasteiger partial charge in [0.15, 0.2) is 0 Å². The highest BCUT2D eigenvalue weighted by Gasteiger charge is 2.42. The van der Waals surface area contributed by atoms with Crippen LogP contribution in [0.5, 0.6) is 0 Å². The lowest BCUT2D eigenvalue weighted by molar-refractivity contribution is -0.148. The van der Waals surface area contributed by atoms with Crippen LogP contribution in [0.25, 0.3) is 0 Å². The Morgan fingerprint density at radius 1 is 1.11 bits per heavy atom. The highest BCUT2D eigenvalue weighted by atomic mass is 16.6. The molecule has 4 amide bonds. The Morgan fingerprint density at radius 2 is 1.73 bits per heavy atom. The first kappa shape index (κ1) is 31.5. The number of alkyl carbamates (subject to hydrolysis) is 1. The predicted molar refractivity (Wildman–Crippen MR) is 143 cm³/mol. The minimum absolute atomic E-state index is 0.0685. The molecule has 204 valence electrons. The number of nitrogens with zero attached hydrogens (tertiary/aromatic N) is 1. The summed E-state index contributed by atoms with van der Waals surface area (Å²) in [6, 6.07) is 4.66. The molecule has 0 radical (unpaired) electrons. The quantitative estimate of drug-likeness (QED) is 0.308. The van der Waals surface area contributed by atoms with Crippen LogP contribution < -0.4 is 16.4 Å². The average molecular weight is 515 g/mol. The number of carbonyl (C=O) groups is 4. The fourth-order valence-corrected chi connectivity index (χ4v) is 3.76. The summed E-state index contributed by atoms with van der Waals surface area (Å²) in [7, 11) is 0. The molecule has 1 rings (SSSR count). The Labute approximate surface area is 220 Å². The minimum Gasteiger partial charge on any atom is -0.444 e. The Bertz CT molecular complexity index is 1000. The van der Waals surface area contributed by atoms with E-state index in [1.54, 1.807) is 65.8 Å². The largest absolute Gasteiger partial charge is 0.444 e. The lowest BCUT2D eigenvalue weighted by atomic mass is 9.92. The number of hydrogen-bond donors (Lipinski definition) is 3. The summed E-state index contributed by atoms with van der Waals surface area (Å²) in [5.74, 6) is 1.01. The molecule has 1 aromatic rings. The van der Waals surface area contributed by atoms with E-state index in [0.717, 1.165) is 12.8 Å². The summed E-state index contributed by atoms with van der Waals surface area (Å²) in [6.45, 7) is 12.9. The Morgan fingerprint density at radius 3 is 2.24 bits per heavy atom. The third-order valence-corrected chi connectivity index (χ3v) is 5.38. The molecule has 0 bridgehead atoms. The van der Waals surface area contributed by atoms with Crippen LogP contribution in [0.3, 0.4) is 0 Å². The summed E-state index contributed by atoms with van der Waals surface area (Å²) in [6.07, 6.45) is 6.35. The van der Waals surface area contributed by atoms with Gasteiger partial charge in [-0.15, -0.1) is 6.42 Å². The van der Waals surface area contributed by atoms with Gasteiger partial charge < -0.3 is 26.0 Å². The number of ether oxygens (including phenoxy) is 1. The van der Waals surface area contributed by atoms with Gasteiger partial charge in [-0.2, -0.15) is 0 Å². The van der Waals surface area contributed by atoms with Crippen molar-refractivity contribution < 1.29 is 23.9 Å². The zero-order chi connectivity index (χ0) is 28.4. The maximum absolute atomic E-state index is 14.1. The minimum atomic E-state index is -1.18.